The number of hydrogen-bond acceptors (Lipinski definition) is 2. The van der Waals surface area contributed by atoms with E-state index in [1.807, 2.05) is 36.4 Å². The van der Waals surface area contributed by atoms with Gasteiger partial charge < -0.3 is 4.89 Å². The van der Waals surface area contributed by atoms with Gasteiger partial charge in [0.05, 0.1) is 6.16 Å². The Morgan fingerprint density at radius 3 is 2.63 bits per heavy atom. The Labute approximate surface area is 113 Å². The molecule has 2 N–H and O–H groups in total. The molecule has 1 aromatic carbocycles. The molecule has 0 amide bonds. The van der Waals surface area contributed by atoms with Gasteiger partial charge in [-0.25, -0.2) is 5.09 Å². The lowest BCUT2D eigenvalue weighted by molar-refractivity contribution is 0.455. The van der Waals surface area contributed by atoms with Crippen LogP contribution in [0.4, 0.5) is 0 Å². The van der Waals surface area contributed by atoms with Gasteiger partial charge in [0.25, 0.3) is 7.52 Å². The molecule has 1 radical (unpaired) electrons. The quantitative estimate of drug-likeness (QED) is 0.824. The lowest BCUT2D eigenvalue weighted by Gasteiger charge is -2.19. The molecule has 0 fully saturated rings. The summed E-state index contributed by atoms with van der Waals surface area (Å²) in [5.41, 5.74) is 1.60. The topological polar surface area (TPSA) is 62.2 Å². The van der Waals surface area contributed by atoms with Crippen molar-refractivity contribution in [2.75, 3.05) is 0 Å². The number of aromatic nitrogens is 1. The molecule has 4 nitrogen and oxygen atoms in total. The zero-order valence-electron chi connectivity index (χ0n) is 10.4. The first-order valence-electron chi connectivity index (χ1n) is 5.93. The molecule has 19 heavy (non-hydrogen) atoms. The largest absolute Gasteiger partial charge is 0.333 e. The van der Waals surface area contributed by atoms with Gasteiger partial charge in [0, 0.05) is 18.4 Å². The highest BCUT2D eigenvalue weighted by Crippen LogP contribution is 2.42. The van der Waals surface area contributed by atoms with Crippen molar-refractivity contribution in [3.8, 4) is 0 Å². The molecule has 2 aromatic rings. The van der Waals surface area contributed by atoms with Gasteiger partial charge in [-0.05, 0) is 24.1 Å². The lowest BCUT2D eigenvalue weighted by atomic mass is 10.2. The Kier molecular flexibility index (Phi) is 4.48. The molecular formula is C14H16N2O2P. The van der Waals surface area contributed by atoms with Crippen LogP contribution < -0.4 is 5.09 Å². The fourth-order valence-corrected chi connectivity index (χ4v) is 3.21. The highest BCUT2D eigenvalue weighted by atomic mass is 31.2. The summed E-state index contributed by atoms with van der Waals surface area (Å²) in [5.74, 6) is 0. The monoisotopic (exact) mass is 275 g/mol. The van der Waals surface area contributed by atoms with E-state index >= 15 is 0 Å². The van der Waals surface area contributed by atoms with Crippen LogP contribution in [0.5, 0.6) is 0 Å². The summed E-state index contributed by atoms with van der Waals surface area (Å²) in [6, 6.07) is 12.3. The van der Waals surface area contributed by atoms with Crippen LogP contribution in [-0.2, 0) is 10.7 Å². The van der Waals surface area contributed by atoms with Crippen molar-refractivity contribution in [3.63, 3.8) is 0 Å². The predicted molar refractivity (Wildman–Crippen MR) is 75.4 cm³/mol. The molecule has 0 saturated heterocycles. The molecule has 2 unspecified atom stereocenters. The zero-order chi connectivity index (χ0) is 13.7. The highest BCUT2D eigenvalue weighted by molar-refractivity contribution is 7.55. The first-order valence-corrected chi connectivity index (χ1v) is 7.78. The first-order chi connectivity index (χ1) is 9.07. The maximum atomic E-state index is 12.2. The lowest BCUT2D eigenvalue weighted by Crippen LogP contribution is -2.16. The van der Waals surface area contributed by atoms with Crippen LogP contribution in [0.1, 0.15) is 17.2 Å². The molecular weight excluding hydrogens is 259 g/mol. The van der Waals surface area contributed by atoms with E-state index in [1.54, 1.807) is 18.5 Å². The Hall–Kier alpha value is -1.48. The smallest absolute Gasteiger partial charge is 0.272 e. The fourth-order valence-electron chi connectivity index (χ4n) is 1.78. The van der Waals surface area contributed by atoms with Crippen molar-refractivity contribution in [2.45, 2.75) is 12.2 Å². The molecule has 99 valence electrons. The van der Waals surface area contributed by atoms with Crippen LogP contribution >= 0.6 is 7.52 Å². The maximum absolute atomic E-state index is 12.2. The fraction of sp³-hybridized carbons (Fsp3) is 0.143. The van der Waals surface area contributed by atoms with E-state index in [-0.39, 0.29) is 6.16 Å². The number of benzene rings is 1. The molecule has 1 heterocycles. The van der Waals surface area contributed by atoms with E-state index < -0.39 is 13.6 Å². The van der Waals surface area contributed by atoms with Crippen molar-refractivity contribution in [2.24, 2.45) is 0 Å². The van der Waals surface area contributed by atoms with Crippen LogP contribution in [-0.4, -0.2) is 9.88 Å². The minimum Gasteiger partial charge on any atom is -0.333 e. The van der Waals surface area contributed by atoms with E-state index in [1.165, 1.54) is 0 Å². The number of nitrogens with one attached hydrogen (secondary N) is 1. The number of rotatable bonds is 5. The van der Waals surface area contributed by atoms with Gasteiger partial charge in [-0.3, -0.25) is 9.55 Å². The third-order valence-electron chi connectivity index (χ3n) is 2.68. The van der Waals surface area contributed by atoms with Crippen LogP contribution in [0, 0.1) is 6.92 Å². The Bertz CT molecular complexity index is 560. The van der Waals surface area contributed by atoms with Gasteiger partial charge in [0.1, 0.15) is 0 Å². The van der Waals surface area contributed by atoms with Crippen molar-refractivity contribution in [3.05, 3.63) is 72.9 Å². The molecule has 0 saturated carbocycles. The average molecular weight is 275 g/mol. The molecule has 5 heteroatoms. The van der Waals surface area contributed by atoms with E-state index in [9.17, 15) is 9.46 Å². The summed E-state index contributed by atoms with van der Waals surface area (Å²) < 4.78 is 12.2. The van der Waals surface area contributed by atoms with E-state index in [0.717, 1.165) is 11.1 Å². The number of pyridine rings is 1. The number of nitrogens with zero attached hydrogens (tertiary/aromatic N) is 1. The molecule has 2 rings (SSSR count). The Balaban J connectivity index is 2.03. The Morgan fingerprint density at radius 1 is 1.26 bits per heavy atom. The van der Waals surface area contributed by atoms with Gasteiger partial charge in [-0.1, -0.05) is 36.4 Å². The molecule has 0 aliphatic rings. The van der Waals surface area contributed by atoms with Crippen molar-refractivity contribution < 1.29 is 9.46 Å². The van der Waals surface area contributed by atoms with Gasteiger partial charge >= 0.3 is 0 Å². The van der Waals surface area contributed by atoms with Crippen molar-refractivity contribution in [1.82, 2.24) is 10.1 Å². The molecule has 1 aromatic heterocycles. The van der Waals surface area contributed by atoms with Gasteiger partial charge in [0.2, 0.25) is 0 Å². The molecule has 0 bridgehead atoms. The molecule has 0 aliphatic carbocycles. The summed E-state index contributed by atoms with van der Waals surface area (Å²) in [5, 5.41) is 2.68. The summed E-state index contributed by atoms with van der Waals surface area (Å²) in [7, 11) is -3.48. The van der Waals surface area contributed by atoms with Gasteiger partial charge in [-0.2, -0.15) is 0 Å². The third-order valence-corrected chi connectivity index (χ3v) is 4.19. The average Bonchev–Trinajstić information content (AvgIpc) is 2.39. The van der Waals surface area contributed by atoms with Crippen LogP contribution in [0.15, 0.2) is 54.9 Å². The van der Waals surface area contributed by atoms with Crippen LogP contribution in [0.3, 0.4) is 0 Å². The second-order valence-electron chi connectivity index (χ2n) is 4.31. The van der Waals surface area contributed by atoms with Crippen LogP contribution in [0.25, 0.3) is 0 Å². The van der Waals surface area contributed by atoms with Crippen LogP contribution in [0.2, 0.25) is 0 Å². The second kappa shape index (κ2) is 6.11. The number of hydrogen-bond donors (Lipinski definition) is 2. The molecule has 0 spiro atoms. The second-order valence-corrected chi connectivity index (χ2v) is 6.29. The standard InChI is InChI=1S/C14H16N2O2P/c1-12(14-8-5-9-15-10-14)16-19(17,18)11-13-6-3-2-4-7-13/h2-10,12H,1,11H2,(H2,16,17,18). The van der Waals surface area contributed by atoms with Gasteiger partial charge in [-0.15, -0.1) is 0 Å². The summed E-state index contributed by atoms with van der Waals surface area (Å²) in [6.07, 6.45) is 3.37. The van der Waals surface area contributed by atoms with E-state index in [4.69, 9.17) is 0 Å². The Morgan fingerprint density at radius 2 is 2.00 bits per heavy atom. The SMILES string of the molecule is [CH2]C(NP(=O)(O)Cc1ccccc1)c1cccnc1. The zero-order valence-corrected chi connectivity index (χ0v) is 11.3. The van der Waals surface area contributed by atoms with E-state index in [2.05, 4.69) is 17.0 Å². The van der Waals surface area contributed by atoms with Crippen molar-refractivity contribution in [1.29, 1.82) is 0 Å². The first kappa shape index (κ1) is 13.9. The van der Waals surface area contributed by atoms with Gasteiger partial charge in [0.15, 0.2) is 0 Å². The van der Waals surface area contributed by atoms with E-state index in [0.29, 0.717) is 0 Å². The van der Waals surface area contributed by atoms with Crippen molar-refractivity contribution >= 4 is 7.52 Å². The summed E-state index contributed by atoms with van der Waals surface area (Å²) >= 11 is 0. The predicted octanol–water partition coefficient (Wildman–Crippen LogP) is 2.93. The normalized spacial score (nSPS) is 15.7. The summed E-state index contributed by atoms with van der Waals surface area (Å²) in [6.45, 7) is 3.85. The minimum absolute atomic E-state index is 0.0835. The highest BCUT2D eigenvalue weighted by Gasteiger charge is 2.22. The third kappa shape index (κ3) is 4.28. The minimum atomic E-state index is -3.48. The molecule has 0 aliphatic heterocycles. The maximum Gasteiger partial charge on any atom is 0.272 e. The summed E-state index contributed by atoms with van der Waals surface area (Å²) in [4.78, 5) is 14.0. The molecule has 2 atom stereocenters.